The largest absolute Gasteiger partial charge is 0.388 e. The average molecular weight is 375 g/mol. The lowest BCUT2D eigenvalue weighted by molar-refractivity contribution is 0.169. The van der Waals surface area contributed by atoms with Gasteiger partial charge in [0.1, 0.15) is 11.5 Å². The Hall–Kier alpha value is -2.83. The third-order valence-electron chi connectivity index (χ3n) is 5.09. The molecule has 144 valence electrons. The molecule has 1 aliphatic heterocycles. The number of pyridine rings is 1. The molecule has 1 unspecified atom stereocenters. The molecule has 1 aliphatic rings. The molecule has 6 nitrogen and oxygen atoms in total. The Morgan fingerprint density at radius 2 is 1.93 bits per heavy atom. The molecule has 4 rings (SSSR count). The number of anilines is 1. The summed E-state index contributed by atoms with van der Waals surface area (Å²) in [6, 6.07) is 15.6. The van der Waals surface area contributed by atoms with Crippen LogP contribution in [0.4, 0.5) is 5.82 Å². The van der Waals surface area contributed by atoms with Gasteiger partial charge in [0.2, 0.25) is 0 Å². The zero-order valence-electron chi connectivity index (χ0n) is 16.0. The standard InChI is InChI=1S/C22H25N5O/c1-27(14-11-20(28)16-7-3-2-4-8-16)22-17-10-13-23-15-19(17)25-21(26-22)18-9-5-6-12-24-18/h2-9,12,20,23,28H,10-11,13-15H2,1H3. The van der Waals surface area contributed by atoms with Crippen LogP contribution in [0.25, 0.3) is 11.5 Å². The third-order valence-corrected chi connectivity index (χ3v) is 5.09. The molecular formula is C22H25N5O. The number of rotatable bonds is 6. The van der Waals surface area contributed by atoms with Gasteiger partial charge in [0.05, 0.1) is 11.8 Å². The molecular weight excluding hydrogens is 350 g/mol. The second-order valence-corrected chi connectivity index (χ2v) is 7.07. The zero-order chi connectivity index (χ0) is 19.3. The molecule has 0 bridgehead atoms. The minimum Gasteiger partial charge on any atom is -0.388 e. The van der Waals surface area contributed by atoms with Crippen LogP contribution in [-0.2, 0) is 13.0 Å². The van der Waals surface area contributed by atoms with Crippen molar-refractivity contribution < 1.29 is 5.11 Å². The van der Waals surface area contributed by atoms with Gasteiger partial charge in [-0.05, 0) is 37.1 Å². The summed E-state index contributed by atoms with van der Waals surface area (Å²) in [4.78, 5) is 16.1. The van der Waals surface area contributed by atoms with Crippen LogP contribution in [0.15, 0.2) is 54.7 Å². The van der Waals surface area contributed by atoms with Crippen molar-refractivity contribution in [3.63, 3.8) is 0 Å². The summed E-state index contributed by atoms with van der Waals surface area (Å²) in [6.07, 6.45) is 2.81. The number of aliphatic hydroxyl groups is 1. The fraction of sp³-hybridized carbons (Fsp3) is 0.318. The first kappa shape index (κ1) is 18.5. The van der Waals surface area contributed by atoms with Gasteiger partial charge >= 0.3 is 0 Å². The summed E-state index contributed by atoms with van der Waals surface area (Å²) in [6.45, 7) is 2.37. The summed E-state index contributed by atoms with van der Waals surface area (Å²) in [7, 11) is 2.03. The van der Waals surface area contributed by atoms with Crippen LogP contribution in [0.5, 0.6) is 0 Å². The van der Waals surface area contributed by atoms with E-state index in [0.29, 0.717) is 18.8 Å². The predicted octanol–water partition coefficient (Wildman–Crippen LogP) is 2.74. The van der Waals surface area contributed by atoms with E-state index in [2.05, 4.69) is 15.2 Å². The number of nitrogens with zero attached hydrogens (tertiary/aromatic N) is 4. The second-order valence-electron chi connectivity index (χ2n) is 7.07. The smallest absolute Gasteiger partial charge is 0.180 e. The molecule has 2 aromatic heterocycles. The van der Waals surface area contributed by atoms with Crippen LogP contribution in [0.1, 0.15) is 29.3 Å². The molecule has 3 heterocycles. The fourth-order valence-electron chi connectivity index (χ4n) is 3.53. The Morgan fingerprint density at radius 1 is 1.11 bits per heavy atom. The lowest BCUT2D eigenvalue weighted by Gasteiger charge is -2.26. The lowest BCUT2D eigenvalue weighted by atomic mass is 10.0. The molecule has 0 saturated heterocycles. The van der Waals surface area contributed by atoms with E-state index in [4.69, 9.17) is 9.97 Å². The summed E-state index contributed by atoms with van der Waals surface area (Å²) in [5.74, 6) is 1.58. The highest BCUT2D eigenvalue weighted by Crippen LogP contribution is 2.27. The van der Waals surface area contributed by atoms with Gasteiger partial charge in [-0.15, -0.1) is 0 Å². The van der Waals surface area contributed by atoms with E-state index in [-0.39, 0.29) is 0 Å². The Labute approximate surface area is 165 Å². The van der Waals surface area contributed by atoms with Crippen molar-refractivity contribution in [1.82, 2.24) is 20.3 Å². The van der Waals surface area contributed by atoms with Crippen LogP contribution < -0.4 is 10.2 Å². The van der Waals surface area contributed by atoms with E-state index in [1.807, 2.05) is 55.6 Å². The Morgan fingerprint density at radius 3 is 2.71 bits per heavy atom. The molecule has 0 spiro atoms. The maximum Gasteiger partial charge on any atom is 0.180 e. The summed E-state index contributed by atoms with van der Waals surface area (Å²) in [5, 5.41) is 13.9. The van der Waals surface area contributed by atoms with Gasteiger partial charge in [-0.3, -0.25) is 4.98 Å². The third kappa shape index (κ3) is 4.03. The minimum absolute atomic E-state index is 0.488. The number of fused-ring (bicyclic) bond motifs is 1. The average Bonchev–Trinajstić information content (AvgIpc) is 2.77. The van der Waals surface area contributed by atoms with Crippen LogP contribution >= 0.6 is 0 Å². The molecule has 3 aromatic rings. The second kappa shape index (κ2) is 8.46. The van der Waals surface area contributed by atoms with Gasteiger partial charge in [0.25, 0.3) is 0 Å². The molecule has 28 heavy (non-hydrogen) atoms. The van der Waals surface area contributed by atoms with Gasteiger partial charge in [-0.2, -0.15) is 0 Å². The van der Waals surface area contributed by atoms with Crippen molar-refractivity contribution >= 4 is 5.82 Å². The highest BCUT2D eigenvalue weighted by atomic mass is 16.3. The highest BCUT2D eigenvalue weighted by Gasteiger charge is 2.21. The van der Waals surface area contributed by atoms with Crippen LogP contribution in [-0.4, -0.2) is 40.2 Å². The maximum atomic E-state index is 10.5. The van der Waals surface area contributed by atoms with Gasteiger partial charge < -0.3 is 15.3 Å². The van der Waals surface area contributed by atoms with Gasteiger partial charge in [-0.25, -0.2) is 9.97 Å². The quantitative estimate of drug-likeness (QED) is 0.690. The maximum absolute atomic E-state index is 10.5. The van der Waals surface area contributed by atoms with Crippen LogP contribution in [0.2, 0.25) is 0 Å². The summed E-state index contributed by atoms with van der Waals surface area (Å²) < 4.78 is 0. The van der Waals surface area contributed by atoms with E-state index < -0.39 is 6.10 Å². The van der Waals surface area contributed by atoms with E-state index in [0.717, 1.165) is 42.3 Å². The van der Waals surface area contributed by atoms with Crippen molar-refractivity contribution in [3.05, 3.63) is 71.5 Å². The first-order valence-electron chi connectivity index (χ1n) is 9.68. The zero-order valence-corrected chi connectivity index (χ0v) is 16.0. The molecule has 0 saturated carbocycles. The normalized spacial score (nSPS) is 14.4. The highest BCUT2D eigenvalue weighted by molar-refractivity contribution is 5.58. The van der Waals surface area contributed by atoms with Gasteiger partial charge in [0.15, 0.2) is 5.82 Å². The molecule has 6 heteroatoms. The van der Waals surface area contributed by atoms with Crippen molar-refractivity contribution in [2.75, 3.05) is 25.0 Å². The molecule has 0 radical (unpaired) electrons. The number of aromatic nitrogens is 3. The van der Waals surface area contributed by atoms with Gasteiger partial charge in [-0.1, -0.05) is 36.4 Å². The Kier molecular flexibility index (Phi) is 5.60. The SMILES string of the molecule is CN(CCC(O)c1ccccc1)c1nc(-c2ccccn2)nc2c1CCNC2. The topological polar surface area (TPSA) is 74.2 Å². The summed E-state index contributed by atoms with van der Waals surface area (Å²) in [5.41, 5.74) is 3.94. The van der Waals surface area contributed by atoms with Crippen LogP contribution in [0, 0.1) is 0 Å². The van der Waals surface area contributed by atoms with Crippen LogP contribution in [0.3, 0.4) is 0 Å². The number of nitrogens with one attached hydrogen (secondary N) is 1. The van der Waals surface area contributed by atoms with E-state index in [1.165, 1.54) is 5.56 Å². The summed E-state index contributed by atoms with van der Waals surface area (Å²) >= 11 is 0. The predicted molar refractivity (Wildman–Crippen MR) is 110 cm³/mol. The first-order valence-corrected chi connectivity index (χ1v) is 9.68. The van der Waals surface area contributed by atoms with E-state index in [1.54, 1.807) is 6.20 Å². The Bertz CT molecular complexity index is 917. The molecule has 1 atom stereocenters. The van der Waals surface area contributed by atoms with E-state index >= 15 is 0 Å². The monoisotopic (exact) mass is 375 g/mol. The van der Waals surface area contributed by atoms with Crippen molar-refractivity contribution in [2.45, 2.75) is 25.5 Å². The van der Waals surface area contributed by atoms with Crippen molar-refractivity contribution in [2.24, 2.45) is 0 Å². The first-order chi connectivity index (χ1) is 13.7. The minimum atomic E-state index is -0.488. The van der Waals surface area contributed by atoms with Crippen molar-refractivity contribution in [3.8, 4) is 11.5 Å². The van der Waals surface area contributed by atoms with Crippen molar-refractivity contribution in [1.29, 1.82) is 0 Å². The Balaban J connectivity index is 1.58. The molecule has 0 aliphatic carbocycles. The van der Waals surface area contributed by atoms with E-state index in [9.17, 15) is 5.11 Å². The lowest BCUT2D eigenvalue weighted by Crippen LogP contribution is -2.30. The number of hydrogen-bond acceptors (Lipinski definition) is 6. The molecule has 2 N–H and O–H groups in total. The number of benzene rings is 1. The fourth-order valence-corrected chi connectivity index (χ4v) is 3.53. The molecule has 1 aromatic carbocycles. The number of aliphatic hydroxyl groups excluding tert-OH is 1. The number of hydrogen-bond donors (Lipinski definition) is 2. The molecule has 0 fully saturated rings. The van der Waals surface area contributed by atoms with Gasteiger partial charge in [0, 0.05) is 31.9 Å². The molecule has 0 amide bonds.